The van der Waals surface area contributed by atoms with Crippen LogP contribution in [0.3, 0.4) is 0 Å². The van der Waals surface area contributed by atoms with Gasteiger partial charge in [0.15, 0.2) is 11.9 Å². The molecule has 0 saturated heterocycles. The molecule has 1 heterocycles. The number of oxazole rings is 1. The first-order valence-corrected chi connectivity index (χ1v) is 5.66. The van der Waals surface area contributed by atoms with Gasteiger partial charge in [-0.3, -0.25) is 0 Å². The molecule has 3 N–H and O–H groups in total. The lowest BCUT2D eigenvalue weighted by molar-refractivity contribution is 0.460. The Hall–Kier alpha value is -1.78. The van der Waals surface area contributed by atoms with Crippen molar-refractivity contribution in [3.63, 3.8) is 0 Å². The van der Waals surface area contributed by atoms with Crippen LogP contribution in [0.2, 0.25) is 0 Å². The highest BCUT2D eigenvalue weighted by atomic mass is 16.4. The molecule has 1 aromatic rings. The van der Waals surface area contributed by atoms with E-state index in [2.05, 4.69) is 21.9 Å². The molecule has 0 spiro atoms. The van der Waals surface area contributed by atoms with Crippen molar-refractivity contribution in [3.05, 3.63) is 29.5 Å². The molecule has 94 valence electrons. The number of nitrogens with two attached hydrogens (primary N) is 1. The summed E-state index contributed by atoms with van der Waals surface area (Å²) in [4.78, 5) is 8.45. The van der Waals surface area contributed by atoms with Crippen molar-refractivity contribution in [2.24, 2.45) is 10.7 Å². The van der Waals surface area contributed by atoms with Gasteiger partial charge in [0.25, 0.3) is 0 Å². The number of nitrogens with one attached hydrogen (secondary N) is 1. The molecule has 0 aliphatic carbocycles. The number of guanidine groups is 1. The van der Waals surface area contributed by atoms with Crippen molar-refractivity contribution in [2.45, 2.75) is 33.7 Å². The molecule has 0 saturated carbocycles. The first-order valence-electron chi connectivity index (χ1n) is 5.66. The predicted octanol–water partition coefficient (Wildman–Crippen LogP) is 1.53. The lowest BCUT2D eigenvalue weighted by Gasteiger charge is -2.03. The Morgan fingerprint density at radius 1 is 1.59 bits per heavy atom. The third-order valence-electron chi connectivity index (χ3n) is 2.20. The average molecular weight is 236 g/mol. The fourth-order valence-corrected chi connectivity index (χ4v) is 1.24. The first-order chi connectivity index (χ1) is 8.02. The van der Waals surface area contributed by atoms with Crippen molar-refractivity contribution in [2.75, 3.05) is 6.54 Å². The Bertz CT molecular complexity index is 420. The quantitative estimate of drug-likeness (QED) is 0.462. The van der Waals surface area contributed by atoms with Crippen LogP contribution in [-0.4, -0.2) is 17.5 Å². The van der Waals surface area contributed by atoms with Crippen LogP contribution in [0.1, 0.15) is 31.2 Å². The molecule has 0 fully saturated rings. The van der Waals surface area contributed by atoms with E-state index >= 15 is 0 Å². The molecule has 1 rings (SSSR count). The van der Waals surface area contributed by atoms with E-state index < -0.39 is 0 Å². The summed E-state index contributed by atoms with van der Waals surface area (Å²) in [5.41, 5.74) is 7.58. The van der Waals surface area contributed by atoms with Crippen LogP contribution in [0.4, 0.5) is 0 Å². The van der Waals surface area contributed by atoms with E-state index in [1.54, 1.807) is 0 Å². The second kappa shape index (κ2) is 6.08. The van der Waals surface area contributed by atoms with Crippen molar-refractivity contribution in [3.8, 4) is 0 Å². The molecular formula is C12H20N4O. The molecule has 17 heavy (non-hydrogen) atoms. The van der Waals surface area contributed by atoms with Crippen molar-refractivity contribution < 1.29 is 4.42 Å². The van der Waals surface area contributed by atoms with E-state index in [-0.39, 0.29) is 0 Å². The van der Waals surface area contributed by atoms with Crippen molar-refractivity contribution >= 4 is 5.96 Å². The Kier molecular flexibility index (Phi) is 4.75. The third-order valence-corrected chi connectivity index (χ3v) is 2.20. The van der Waals surface area contributed by atoms with E-state index in [4.69, 9.17) is 10.2 Å². The normalized spacial score (nSPS) is 11.6. The minimum atomic E-state index is 0.391. The molecule has 0 unspecified atom stereocenters. The van der Waals surface area contributed by atoms with Gasteiger partial charge in [0, 0.05) is 13.0 Å². The smallest absolute Gasteiger partial charge is 0.194 e. The van der Waals surface area contributed by atoms with E-state index in [1.165, 1.54) is 0 Å². The molecule has 0 atom stereocenters. The first kappa shape index (κ1) is 13.3. The molecule has 0 aliphatic rings. The second-order valence-electron chi connectivity index (χ2n) is 3.98. The van der Waals surface area contributed by atoms with Gasteiger partial charge < -0.3 is 15.5 Å². The summed E-state index contributed by atoms with van der Waals surface area (Å²) in [5, 5.41) is 2.96. The number of aromatic nitrogens is 1. The van der Waals surface area contributed by atoms with E-state index in [0.717, 1.165) is 29.3 Å². The van der Waals surface area contributed by atoms with Crippen LogP contribution in [0.15, 0.2) is 21.6 Å². The molecule has 0 amide bonds. The fourth-order valence-electron chi connectivity index (χ4n) is 1.24. The summed E-state index contributed by atoms with van der Waals surface area (Å²) in [5.74, 6) is 1.89. The second-order valence-corrected chi connectivity index (χ2v) is 3.98. The maximum atomic E-state index is 5.69. The molecule has 5 heteroatoms. The van der Waals surface area contributed by atoms with Gasteiger partial charge in [-0.25, -0.2) is 9.98 Å². The number of hydrogen-bond donors (Lipinski definition) is 2. The zero-order chi connectivity index (χ0) is 12.8. The summed E-state index contributed by atoms with van der Waals surface area (Å²) in [6.45, 7) is 10.6. The predicted molar refractivity (Wildman–Crippen MR) is 68.8 cm³/mol. The Morgan fingerprint density at radius 2 is 2.29 bits per heavy atom. The number of rotatable bonds is 5. The van der Waals surface area contributed by atoms with Gasteiger partial charge in [-0.1, -0.05) is 19.1 Å². The summed E-state index contributed by atoms with van der Waals surface area (Å²) in [6.07, 6.45) is 0.786. The molecular weight excluding hydrogens is 216 g/mol. The summed E-state index contributed by atoms with van der Waals surface area (Å²) in [7, 11) is 0. The van der Waals surface area contributed by atoms with Gasteiger partial charge in [-0.15, -0.1) is 0 Å². The average Bonchev–Trinajstić information content (AvgIpc) is 2.64. The minimum Gasteiger partial charge on any atom is -0.443 e. The maximum Gasteiger partial charge on any atom is 0.194 e. The topological polar surface area (TPSA) is 76.4 Å². The summed E-state index contributed by atoms with van der Waals surface area (Å²) in [6, 6.07) is 0. The lowest BCUT2D eigenvalue weighted by atomic mass is 10.3. The van der Waals surface area contributed by atoms with Gasteiger partial charge in [0.1, 0.15) is 12.3 Å². The summed E-state index contributed by atoms with van der Waals surface area (Å²) >= 11 is 0. The highest BCUT2D eigenvalue weighted by Gasteiger charge is 2.07. The minimum absolute atomic E-state index is 0.391. The monoisotopic (exact) mass is 236 g/mol. The lowest BCUT2D eigenvalue weighted by Crippen LogP contribution is -2.32. The Balaban J connectivity index is 2.55. The van der Waals surface area contributed by atoms with Gasteiger partial charge in [-0.05, 0) is 13.8 Å². The van der Waals surface area contributed by atoms with Gasteiger partial charge in [-0.2, -0.15) is 0 Å². The van der Waals surface area contributed by atoms with Crippen molar-refractivity contribution in [1.82, 2.24) is 10.3 Å². The van der Waals surface area contributed by atoms with Crippen LogP contribution in [-0.2, 0) is 13.0 Å². The van der Waals surface area contributed by atoms with Crippen LogP contribution >= 0.6 is 0 Å². The molecule has 0 aliphatic heterocycles. The highest BCUT2D eigenvalue weighted by molar-refractivity contribution is 5.77. The van der Waals surface area contributed by atoms with E-state index in [1.807, 2.05) is 20.8 Å². The number of aryl methyl sites for hydroxylation is 2. The standard InChI is InChI=1S/C12H20N4O/c1-5-11-16-9(4)10(17-11)7-15-12(13)14-6-8(2)3/h2,5-7H2,1,3-4H3,(H3,13,14,15). The molecule has 0 radical (unpaired) electrons. The SMILES string of the molecule is C=C(C)CNC(N)=NCc1oc(CC)nc1C. The molecule has 1 aromatic heterocycles. The van der Waals surface area contributed by atoms with Gasteiger partial charge in [0.2, 0.25) is 0 Å². The number of hydrogen-bond acceptors (Lipinski definition) is 3. The van der Waals surface area contributed by atoms with Crippen LogP contribution < -0.4 is 11.1 Å². The van der Waals surface area contributed by atoms with Crippen LogP contribution in [0.5, 0.6) is 0 Å². The van der Waals surface area contributed by atoms with Crippen LogP contribution in [0, 0.1) is 6.92 Å². The summed E-state index contributed by atoms with van der Waals surface area (Å²) < 4.78 is 5.52. The Labute approximate surface area is 102 Å². The number of nitrogens with zero attached hydrogens (tertiary/aromatic N) is 2. The number of aliphatic imine (C=N–C) groups is 1. The third kappa shape index (κ3) is 4.30. The fraction of sp³-hybridized carbons (Fsp3) is 0.500. The zero-order valence-corrected chi connectivity index (χ0v) is 10.7. The maximum absolute atomic E-state index is 5.69. The van der Waals surface area contributed by atoms with E-state index in [9.17, 15) is 0 Å². The van der Waals surface area contributed by atoms with E-state index in [0.29, 0.717) is 19.0 Å². The molecule has 5 nitrogen and oxygen atoms in total. The van der Waals surface area contributed by atoms with Gasteiger partial charge in [0.05, 0.1) is 5.69 Å². The Morgan fingerprint density at radius 3 is 2.82 bits per heavy atom. The largest absolute Gasteiger partial charge is 0.443 e. The van der Waals surface area contributed by atoms with Gasteiger partial charge >= 0.3 is 0 Å². The molecule has 0 aromatic carbocycles. The van der Waals surface area contributed by atoms with Crippen molar-refractivity contribution in [1.29, 1.82) is 0 Å². The van der Waals surface area contributed by atoms with Crippen LogP contribution in [0.25, 0.3) is 0 Å². The zero-order valence-electron chi connectivity index (χ0n) is 10.7. The molecule has 0 bridgehead atoms. The highest BCUT2D eigenvalue weighted by Crippen LogP contribution is 2.11.